The first-order valence-electron chi connectivity index (χ1n) is 7.47. The van der Waals surface area contributed by atoms with Gasteiger partial charge in [0.15, 0.2) is 0 Å². The Kier molecular flexibility index (Phi) is 6.16. The van der Waals surface area contributed by atoms with E-state index in [1.807, 2.05) is 66.7 Å². The van der Waals surface area contributed by atoms with Gasteiger partial charge < -0.3 is 5.32 Å². The molecule has 1 N–H and O–H groups in total. The predicted molar refractivity (Wildman–Crippen MR) is 104 cm³/mol. The number of nitrogens with one attached hydrogen (secondary N) is 1. The first-order chi connectivity index (χ1) is 11.1. The summed E-state index contributed by atoms with van der Waals surface area (Å²) in [5.41, 5.74) is 1.21. The van der Waals surface area contributed by atoms with Crippen molar-refractivity contribution in [1.29, 1.82) is 0 Å². The number of carbonyl (C=O) groups excluding carboxylic acids is 1. The lowest BCUT2D eigenvalue weighted by Crippen LogP contribution is -2.45. The number of hydrogen-bond donors (Lipinski definition) is 1. The third-order valence-corrected chi connectivity index (χ3v) is 4.72. The van der Waals surface area contributed by atoms with E-state index >= 15 is 0 Å². The molecule has 2 nitrogen and oxygen atoms in total. The van der Waals surface area contributed by atoms with Gasteiger partial charge in [-0.2, -0.15) is 0 Å². The van der Waals surface area contributed by atoms with Gasteiger partial charge in [-0.25, -0.2) is 0 Å². The molecule has 0 radical (unpaired) electrons. The highest BCUT2D eigenvalue weighted by Gasteiger charge is 2.32. The van der Waals surface area contributed by atoms with Crippen molar-refractivity contribution >= 4 is 28.5 Å². The minimum Gasteiger partial charge on any atom is -0.342 e. The van der Waals surface area contributed by atoms with Crippen LogP contribution in [0.4, 0.5) is 0 Å². The lowest BCUT2D eigenvalue weighted by Gasteiger charge is -2.34. The van der Waals surface area contributed by atoms with Crippen molar-refractivity contribution in [2.24, 2.45) is 0 Å². The Balaban J connectivity index is 2.42. The highest BCUT2D eigenvalue weighted by Crippen LogP contribution is 2.30. The predicted octanol–water partition coefficient (Wildman–Crippen LogP) is 5.07. The van der Waals surface area contributed by atoms with E-state index in [0.717, 1.165) is 9.13 Å². The Morgan fingerprint density at radius 3 is 2.13 bits per heavy atom. The van der Waals surface area contributed by atoms with Gasteiger partial charge in [0.1, 0.15) is 0 Å². The largest absolute Gasteiger partial charge is 0.342 e. The third-order valence-electron chi connectivity index (χ3n) is 3.78. The molecule has 0 aliphatic carbocycles. The first kappa shape index (κ1) is 17.5. The van der Waals surface area contributed by atoms with Crippen molar-refractivity contribution < 1.29 is 4.79 Å². The first-order valence-corrected chi connectivity index (χ1v) is 8.55. The lowest BCUT2D eigenvalue weighted by molar-refractivity contribution is 0.0896. The minimum atomic E-state index is -0.527. The van der Waals surface area contributed by atoms with E-state index in [2.05, 4.69) is 41.1 Å². The maximum absolute atomic E-state index is 12.8. The van der Waals surface area contributed by atoms with E-state index in [1.54, 1.807) is 0 Å². The Hall–Kier alpha value is -1.88. The zero-order valence-electron chi connectivity index (χ0n) is 13.0. The van der Waals surface area contributed by atoms with Crippen molar-refractivity contribution in [2.45, 2.75) is 18.4 Å². The molecule has 23 heavy (non-hydrogen) atoms. The molecule has 2 aromatic rings. The van der Waals surface area contributed by atoms with Crippen LogP contribution in [-0.2, 0) is 5.54 Å². The molecule has 0 spiro atoms. The summed E-state index contributed by atoms with van der Waals surface area (Å²) in [7, 11) is 0. The van der Waals surface area contributed by atoms with E-state index in [4.69, 9.17) is 0 Å². The second-order valence-corrected chi connectivity index (χ2v) is 6.53. The Labute approximate surface area is 151 Å². The SMILES string of the molecule is C=CCC(CC=C)(NC(=O)c1ccccc1I)c1ccccc1. The Bertz CT molecular complexity index is 684. The van der Waals surface area contributed by atoms with Gasteiger partial charge in [0.2, 0.25) is 0 Å². The summed E-state index contributed by atoms with van der Waals surface area (Å²) in [6, 6.07) is 17.6. The van der Waals surface area contributed by atoms with Crippen LogP contribution >= 0.6 is 22.6 Å². The Morgan fingerprint density at radius 1 is 1.00 bits per heavy atom. The van der Waals surface area contributed by atoms with Crippen molar-refractivity contribution in [2.75, 3.05) is 0 Å². The second kappa shape index (κ2) is 8.11. The van der Waals surface area contributed by atoms with E-state index < -0.39 is 5.54 Å². The summed E-state index contributed by atoms with van der Waals surface area (Å²) < 4.78 is 0.932. The van der Waals surface area contributed by atoms with E-state index in [9.17, 15) is 4.79 Å². The summed E-state index contributed by atoms with van der Waals surface area (Å²) in [5.74, 6) is -0.0810. The summed E-state index contributed by atoms with van der Waals surface area (Å²) in [5, 5.41) is 3.22. The van der Waals surface area contributed by atoms with Crippen LogP contribution in [0, 0.1) is 3.57 Å². The zero-order chi connectivity index (χ0) is 16.7. The molecule has 2 aromatic carbocycles. The monoisotopic (exact) mass is 417 g/mol. The Morgan fingerprint density at radius 2 is 1.57 bits per heavy atom. The quantitative estimate of drug-likeness (QED) is 0.495. The van der Waals surface area contributed by atoms with Crippen LogP contribution in [0.1, 0.15) is 28.8 Å². The number of carbonyl (C=O) groups is 1. The summed E-state index contributed by atoms with van der Waals surface area (Å²) in [4.78, 5) is 12.8. The normalized spacial score (nSPS) is 10.8. The van der Waals surface area contributed by atoms with Gasteiger partial charge in [0.05, 0.1) is 11.1 Å². The molecule has 0 unspecified atom stereocenters. The van der Waals surface area contributed by atoms with Crippen LogP contribution in [0.15, 0.2) is 79.9 Å². The van der Waals surface area contributed by atoms with E-state index in [0.29, 0.717) is 18.4 Å². The third kappa shape index (κ3) is 4.10. The molecule has 0 saturated carbocycles. The van der Waals surface area contributed by atoms with E-state index in [1.165, 1.54) is 0 Å². The van der Waals surface area contributed by atoms with Crippen LogP contribution in [0.25, 0.3) is 0 Å². The van der Waals surface area contributed by atoms with Gasteiger partial charge in [-0.15, -0.1) is 13.2 Å². The molecular formula is C20H20INO. The number of rotatable bonds is 7. The molecule has 1 amide bonds. The summed E-state index contributed by atoms with van der Waals surface area (Å²) in [6.45, 7) is 7.73. The molecule has 0 bridgehead atoms. The average molecular weight is 417 g/mol. The number of hydrogen-bond acceptors (Lipinski definition) is 1. The molecule has 0 atom stereocenters. The van der Waals surface area contributed by atoms with Gasteiger partial charge >= 0.3 is 0 Å². The topological polar surface area (TPSA) is 29.1 Å². The van der Waals surface area contributed by atoms with Crippen LogP contribution in [0.2, 0.25) is 0 Å². The van der Waals surface area contributed by atoms with Crippen molar-refractivity contribution in [3.05, 3.63) is 94.6 Å². The highest BCUT2D eigenvalue weighted by atomic mass is 127. The van der Waals surface area contributed by atoms with Gasteiger partial charge in [0, 0.05) is 3.57 Å². The fourth-order valence-corrected chi connectivity index (χ4v) is 3.31. The number of amides is 1. The molecule has 0 aliphatic rings. The molecular weight excluding hydrogens is 397 g/mol. The van der Waals surface area contributed by atoms with Crippen LogP contribution in [0.5, 0.6) is 0 Å². The van der Waals surface area contributed by atoms with Gasteiger partial charge in [-0.1, -0.05) is 54.6 Å². The van der Waals surface area contributed by atoms with Crippen LogP contribution in [0.3, 0.4) is 0 Å². The maximum atomic E-state index is 12.8. The standard InChI is InChI=1S/C20H20INO/c1-3-14-20(15-4-2,16-10-6-5-7-11-16)22-19(23)17-12-8-9-13-18(17)21/h3-13H,1-2,14-15H2,(H,22,23). The van der Waals surface area contributed by atoms with Crippen LogP contribution in [-0.4, -0.2) is 5.91 Å². The van der Waals surface area contributed by atoms with Crippen LogP contribution < -0.4 is 5.32 Å². The number of halogens is 1. The second-order valence-electron chi connectivity index (χ2n) is 5.37. The molecule has 2 rings (SSSR count). The molecule has 118 valence electrons. The zero-order valence-corrected chi connectivity index (χ0v) is 15.1. The molecule has 0 heterocycles. The van der Waals surface area contributed by atoms with Crippen molar-refractivity contribution in [3.63, 3.8) is 0 Å². The van der Waals surface area contributed by atoms with Gasteiger partial charge in [-0.05, 0) is 53.1 Å². The summed E-state index contributed by atoms with van der Waals surface area (Å²) >= 11 is 2.18. The molecule has 3 heteroatoms. The number of benzene rings is 2. The fraction of sp³-hybridized carbons (Fsp3) is 0.150. The fourth-order valence-electron chi connectivity index (χ4n) is 2.67. The molecule has 0 fully saturated rings. The molecule has 0 saturated heterocycles. The van der Waals surface area contributed by atoms with Gasteiger partial charge in [-0.3, -0.25) is 4.79 Å². The van der Waals surface area contributed by atoms with Crippen molar-refractivity contribution in [3.8, 4) is 0 Å². The lowest BCUT2D eigenvalue weighted by atomic mass is 9.83. The minimum absolute atomic E-state index is 0.0810. The molecule has 0 aromatic heterocycles. The van der Waals surface area contributed by atoms with E-state index in [-0.39, 0.29) is 5.91 Å². The highest BCUT2D eigenvalue weighted by molar-refractivity contribution is 14.1. The van der Waals surface area contributed by atoms with Crippen molar-refractivity contribution in [1.82, 2.24) is 5.32 Å². The maximum Gasteiger partial charge on any atom is 0.253 e. The smallest absolute Gasteiger partial charge is 0.253 e. The molecule has 0 aliphatic heterocycles. The average Bonchev–Trinajstić information content (AvgIpc) is 2.56. The van der Waals surface area contributed by atoms with Gasteiger partial charge in [0.25, 0.3) is 5.91 Å². The summed E-state index contributed by atoms with van der Waals surface area (Å²) in [6.07, 6.45) is 4.95.